The van der Waals surface area contributed by atoms with E-state index in [1.807, 2.05) is 0 Å². The van der Waals surface area contributed by atoms with Crippen molar-refractivity contribution in [1.82, 2.24) is 24.8 Å². The number of fused-ring (bicyclic) bond motifs is 1. The molecular formula is C17H10F3N5O2S. The molecule has 7 nitrogen and oxygen atoms in total. The van der Waals surface area contributed by atoms with Crippen LogP contribution in [-0.4, -0.2) is 36.9 Å². The summed E-state index contributed by atoms with van der Waals surface area (Å²) in [4.78, 5) is 16.5. The fourth-order valence-corrected chi connectivity index (χ4v) is 3.13. The molecule has 0 aliphatic heterocycles. The molecule has 0 saturated heterocycles. The maximum Gasteiger partial charge on any atom is 0.573 e. The third-order valence-corrected chi connectivity index (χ3v) is 4.45. The Labute approximate surface area is 159 Å². The summed E-state index contributed by atoms with van der Waals surface area (Å²) in [6, 6.07) is 8.38. The summed E-state index contributed by atoms with van der Waals surface area (Å²) in [6.45, 7) is 0. The first-order chi connectivity index (χ1) is 13.4. The number of alkyl halides is 3. The largest absolute Gasteiger partial charge is 0.573 e. The van der Waals surface area contributed by atoms with Crippen molar-refractivity contribution in [3.63, 3.8) is 0 Å². The Morgan fingerprint density at radius 1 is 1.18 bits per heavy atom. The summed E-state index contributed by atoms with van der Waals surface area (Å²) in [5, 5.41) is 14.6. The number of carbonyl (C=O) groups is 1. The van der Waals surface area contributed by atoms with Crippen LogP contribution in [0.3, 0.4) is 0 Å². The fourth-order valence-electron chi connectivity index (χ4n) is 2.52. The van der Waals surface area contributed by atoms with Crippen molar-refractivity contribution in [2.24, 2.45) is 0 Å². The SMILES string of the molecule is O=C(Cc1nccs1)c1ccc2nnc(-c3cccc(OC(F)(F)F)c3)n2n1. The van der Waals surface area contributed by atoms with Crippen LogP contribution in [0.25, 0.3) is 17.0 Å². The average molecular weight is 405 g/mol. The lowest BCUT2D eigenvalue weighted by Gasteiger charge is -2.09. The molecule has 0 spiro atoms. The van der Waals surface area contributed by atoms with Crippen molar-refractivity contribution in [2.45, 2.75) is 12.8 Å². The van der Waals surface area contributed by atoms with Gasteiger partial charge < -0.3 is 4.74 Å². The highest BCUT2D eigenvalue weighted by atomic mass is 32.1. The van der Waals surface area contributed by atoms with Crippen LogP contribution in [0.5, 0.6) is 5.75 Å². The van der Waals surface area contributed by atoms with E-state index in [0.717, 1.165) is 0 Å². The normalized spacial score (nSPS) is 11.7. The maximum absolute atomic E-state index is 12.5. The minimum absolute atomic E-state index is 0.0997. The Hall–Kier alpha value is -3.34. The molecule has 0 atom stereocenters. The van der Waals surface area contributed by atoms with Gasteiger partial charge in [-0.2, -0.15) is 9.61 Å². The molecule has 142 valence electrons. The van der Waals surface area contributed by atoms with Crippen LogP contribution in [0.4, 0.5) is 13.2 Å². The van der Waals surface area contributed by atoms with Gasteiger partial charge in [0.15, 0.2) is 17.3 Å². The van der Waals surface area contributed by atoms with Gasteiger partial charge in [0.25, 0.3) is 0 Å². The van der Waals surface area contributed by atoms with Gasteiger partial charge in [0.2, 0.25) is 0 Å². The summed E-state index contributed by atoms with van der Waals surface area (Å²) in [5.74, 6) is -0.449. The number of thiazole rings is 1. The first-order valence-corrected chi connectivity index (χ1v) is 8.77. The second kappa shape index (κ2) is 7.00. The highest BCUT2D eigenvalue weighted by Crippen LogP contribution is 2.27. The number of aromatic nitrogens is 5. The summed E-state index contributed by atoms with van der Waals surface area (Å²) in [5.41, 5.74) is 0.834. The zero-order valence-corrected chi connectivity index (χ0v) is 14.7. The Kier molecular flexibility index (Phi) is 4.51. The number of hydrogen-bond acceptors (Lipinski definition) is 7. The molecule has 4 rings (SSSR count). The Morgan fingerprint density at radius 3 is 2.79 bits per heavy atom. The number of Topliss-reactive ketones (excluding diaryl/α,β-unsaturated/α-hetero) is 1. The highest BCUT2D eigenvalue weighted by molar-refractivity contribution is 7.09. The van der Waals surface area contributed by atoms with Gasteiger partial charge in [-0.15, -0.1) is 34.7 Å². The Bertz CT molecular complexity index is 1140. The molecular weight excluding hydrogens is 395 g/mol. The van der Waals surface area contributed by atoms with Gasteiger partial charge in [-0.25, -0.2) is 4.98 Å². The molecule has 11 heteroatoms. The van der Waals surface area contributed by atoms with Crippen molar-refractivity contribution in [3.05, 3.63) is 58.7 Å². The van der Waals surface area contributed by atoms with Crippen LogP contribution in [-0.2, 0) is 6.42 Å². The predicted octanol–water partition coefficient (Wildman–Crippen LogP) is 3.57. The molecule has 0 fully saturated rings. The first-order valence-electron chi connectivity index (χ1n) is 7.89. The van der Waals surface area contributed by atoms with Gasteiger partial charge in [-0.05, 0) is 24.3 Å². The molecule has 4 aromatic rings. The number of halogens is 3. The Morgan fingerprint density at radius 2 is 2.04 bits per heavy atom. The van der Waals surface area contributed by atoms with Crippen molar-refractivity contribution in [2.75, 3.05) is 0 Å². The lowest BCUT2D eigenvalue weighted by molar-refractivity contribution is -0.274. The lowest BCUT2D eigenvalue weighted by atomic mass is 10.2. The summed E-state index contributed by atoms with van der Waals surface area (Å²) in [7, 11) is 0. The highest BCUT2D eigenvalue weighted by Gasteiger charge is 2.31. The van der Waals surface area contributed by atoms with Gasteiger partial charge in [-0.3, -0.25) is 4.79 Å². The number of ketones is 1. The van der Waals surface area contributed by atoms with E-state index in [-0.39, 0.29) is 23.7 Å². The second-order valence-electron chi connectivity index (χ2n) is 5.61. The number of nitrogens with zero attached hydrogens (tertiary/aromatic N) is 5. The minimum Gasteiger partial charge on any atom is -0.406 e. The molecule has 0 saturated carbocycles. The Balaban J connectivity index is 1.69. The van der Waals surface area contributed by atoms with Crippen molar-refractivity contribution in [3.8, 4) is 17.1 Å². The number of hydrogen-bond donors (Lipinski definition) is 0. The fraction of sp³-hybridized carbons (Fsp3) is 0.118. The number of rotatable bonds is 5. The van der Waals surface area contributed by atoms with E-state index in [1.54, 1.807) is 23.7 Å². The molecule has 0 aliphatic carbocycles. The zero-order chi connectivity index (χ0) is 19.7. The summed E-state index contributed by atoms with van der Waals surface area (Å²) in [6.07, 6.45) is -3.10. The minimum atomic E-state index is -4.81. The summed E-state index contributed by atoms with van der Waals surface area (Å²) < 4.78 is 42.6. The lowest BCUT2D eigenvalue weighted by Crippen LogP contribution is -2.17. The number of ether oxygens (including phenoxy) is 1. The van der Waals surface area contributed by atoms with Crippen LogP contribution >= 0.6 is 11.3 Å². The standard InChI is InChI=1S/C17H10F3N5O2S/c18-17(19,20)27-11-3-1-2-10(8-11)16-23-22-14-5-4-12(24-25(14)16)13(26)9-15-21-6-7-28-15/h1-8H,9H2. The van der Waals surface area contributed by atoms with E-state index < -0.39 is 12.1 Å². The predicted molar refractivity (Wildman–Crippen MR) is 93.0 cm³/mol. The molecule has 28 heavy (non-hydrogen) atoms. The van der Waals surface area contributed by atoms with Crippen LogP contribution in [0.15, 0.2) is 48.0 Å². The molecule has 3 aromatic heterocycles. The quantitative estimate of drug-likeness (QED) is 0.472. The van der Waals surface area contributed by atoms with E-state index in [4.69, 9.17) is 0 Å². The van der Waals surface area contributed by atoms with E-state index in [9.17, 15) is 18.0 Å². The maximum atomic E-state index is 12.5. The van der Waals surface area contributed by atoms with Crippen LogP contribution in [0.1, 0.15) is 15.5 Å². The molecule has 0 aliphatic rings. The molecule has 1 aromatic carbocycles. The van der Waals surface area contributed by atoms with Crippen molar-refractivity contribution in [1.29, 1.82) is 0 Å². The van der Waals surface area contributed by atoms with E-state index >= 15 is 0 Å². The van der Waals surface area contributed by atoms with Gasteiger partial charge in [0.1, 0.15) is 16.5 Å². The van der Waals surface area contributed by atoms with E-state index in [0.29, 0.717) is 16.2 Å². The number of carbonyl (C=O) groups excluding carboxylic acids is 1. The van der Waals surface area contributed by atoms with Gasteiger partial charge >= 0.3 is 6.36 Å². The smallest absolute Gasteiger partial charge is 0.406 e. The second-order valence-corrected chi connectivity index (χ2v) is 6.59. The van der Waals surface area contributed by atoms with E-state index in [2.05, 4.69) is 25.0 Å². The average Bonchev–Trinajstić information content (AvgIpc) is 3.29. The van der Waals surface area contributed by atoms with Crippen LogP contribution in [0.2, 0.25) is 0 Å². The number of benzene rings is 1. The molecule has 0 unspecified atom stereocenters. The monoisotopic (exact) mass is 405 g/mol. The topological polar surface area (TPSA) is 82.3 Å². The first kappa shape index (κ1) is 18.0. The van der Waals surface area contributed by atoms with Crippen LogP contribution < -0.4 is 4.74 Å². The van der Waals surface area contributed by atoms with Gasteiger partial charge in [-0.1, -0.05) is 12.1 Å². The molecule has 0 N–H and O–H groups in total. The molecule has 0 amide bonds. The van der Waals surface area contributed by atoms with E-state index in [1.165, 1.54) is 40.1 Å². The zero-order valence-electron chi connectivity index (χ0n) is 13.9. The molecule has 0 bridgehead atoms. The van der Waals surface area contributed by atoms with Crippen molar-refractivity contribution < 1.29 is 22.7 Å². The molecule has 0 radical (unpaired) electrons. The van der Waals surface area contributed by atoms with Gasteiger partial charge in [0, 0.05) is 17.1 Å². The third kappa shape index (κ3) is 3.83. The van der Waals surface area contributed by atoms with Gasteiger partial charge in [0.05, 0.1) is 6.42 Å². The van der Waals surface area contributed by atoms with Crippen molar-refractivity contribution >= 4 is 22.8 Å². The third-order valence-electron chi connectivity index (χ3n) is 3.67. The summed E-state index contributed by atoms with van der Waals surface area (Å²) >= 11 is 1.36. The van der Waals surface area contributed by atoms with Crippen LogP contribution in [0, 0.1) is 0 Å². The molecule has 3 heterocycles.